The molecule has 1 aromatic heterocycles. The summed E-state index contributed by atoms with van der Waals surface area (Å²) in [7, 11) is 0. The maximum atomic E-state index is 11.2. The summed E-state index contributed by atoms with van der Waals surface area (Å²) < 4.78 is 0.883. The number of aromatic carboxylic acids is 1. The second kappa shape index (κ2) is 3.62. The molecular weight excluding hydrogens is 222 g/mol. The van der Waals surface area contributed by atoms with Gasteiger partial charge in [-0.15, -0.1) is 23.1 Å². The van der Waals surface area contributed by atoms with E-state index in [0.29, 0.717) is 17.9 Å². The van der Waals surface area contributed by atoms with E-state index < -0.39 is 5.97 Å². The molecule has 14 heavy (non-hydrogen) atoms. The van der Waals surface area contributed by atoms with Gasteiger partial charge in [0.05, 0.1) is 9.90 Å². The van der Waals surface area contributed by atoms with Gasteiger partial charge in [-0.3, -0.25) is 4.79 Å². The van der Waals surface area contributed by atoms with Crippen molar-refractivity contribution in [2.75, 3.05) is 11.1 Å². The van der Waals surface area contributed by atoms with E-state index >= 15 is 0 Å². The fourth-order valence-corrected chi connectivity index (χ4v) is 3.30. The molecule has 1 aliphatic heterocycles. The first-order chi connectivity index (χ1) is 6.66. The van der Waals surface area contributed by atoms with E-state index in [0.717, 1.165) is 4.21 Å². The van der Waals surface area contributed by atoms with Crippen LogP contribution in [0.2, 0.25) is 0 Å². The molecule has 0 bridgehead atoms. The molecule has 74 valence electrons. The Morgan fingerprint density at radius 1 is 1.57 bits per heavy atom. The number of carboxylic acid groups (broad SMARTS) is 1. The molecule has 0 unspecified atom stereocenters. The number of carboxylic acids is 1. The zero-order valence-corrected chi connectivity index (χ0v) is 8.70. The molecule has 1 aromatic rings. The van der Waals surface area contributed by atoms with Gasteiger partial charge in [-0.2, -0.15) is 0 Å². The predicted octanol–water partition coefficient (Wildman–Crippen LogP) is 1.88. The Balaban J connectivity index is 2.36. The largest absolute Gasteiger partial charge is 0.477 e. The Hall–Kier alpha value is -1.01. The summed E-state index contributed by atoms with van der Waals surface area (Å²) in [6.45, 7) is 0. The third-order valence-electron chi connectivity index (χ3n) is 1.75. The number of thiophene rings is 1. The van der Waals surface area contributed by atoms with Crippen molar-refractivity contribution in [1.29, 1.82) is 0 Å². The molecule has 0 aromatic carbocycles. The van der Waals surface area contributed by atoms with E-state index in [4.69, 9.17) is 5.11 Å². The van der Waals surface area contributed by atoms with Crippen LogP contribution in [0.25, 0.3) is 0 Å². The second-order valence-electron chi connectivity index (χ2n) is 2.76. The summed E-state index contributed by atoms with van der Waals surface area (Å²) in [5.74, 6) is -0.290. The van der Waals surface area contributed by atoms with E-state index in [2.05, 4.69) is 5.32 Å². The van der Waals surface area contributed by atoms with Crippen LogP contribution < -0.4 is 5.32 Å². The quantitative estimate of drug-likeness (QED) is 0.771. The van der Waals surface area contributed by atoms with Gasteiger partial charge in [0.1, 0.15) is 4.88 Å². The summed E-state index contributed by atoms with van der Waals surface area (Å²) in [5, 5.41) is 11.4. The summed E-state index contributed by atoms with van der Waals surface area (Å²) >= 11 is 2.73. The number of amides is 1. The first kappa shape index (κ1) is 9.54. The molecule has 0 radical (unpaired) electrons. The smallest absolute Gasteiger partial charge is 0.345 e. The number of rotatable bonds is 1. The SMILES string of the molecule is O=C1CCSc2sc(C(=O)O)cc2N1. The van der Waals surface area contributed by atoms with Crippen LogP contribution in [0.15, 0.2) is 10.3 Å². The topological polar surface area (TPSA) is 66.4 Å². The van der Waals surface area contributed by atoms with Gasteiger partial charge in [-0.25, -0.2) is 4.79 Å². The molecule has 0 saturated carbocycles. The van der Waals surface area contributed by atoms with Crippen molar-refractivity contribution < 1.29 is 14.7 Å². The molecule has 0 saturated heterocycles. The minimum atomic E-state index is -0.946. The molecule has 0 fully saturated rings. The number of carbonyl (C=O) groups excluding carboxylic acids is 1. The molecule has 0 aliphatic carbocycles. The van der Waals surface area contributed by atoms with Crippen molar-refractivity contribution in [3.05, 3.63) is 10.9 Å². The molecule has 2 N–H and O–H groups in total. The minimum absolute atomic E-state index is 0.0500. The fourth-order valence-electron chi connectivity index (χ4n) is 1.12. The van der Waals surface area contributed by atoms with Crippen LogP contribution in [0, 0.1) is 0 Å². The summed E-state index contributed by atoms with van der Waals surface area (Å²) in [6.07, 6.45) is 0.481. The molecule has 0 atom stereocenters. The Bertz CT molecular complexity index is 399. The molecule has 2 heterocycles. The van der Waals surface area contributed by atoms with E-state index in [1.165, 1.54) is 29.2 Å². The summed E-state index contributed by atoms with van der Waals surface area (Å²) in [6, 6.07) is 1.51. The van der Waals surface area contributed by atoms with Crippen molar-refractivity contribution in [3.8, 4) is 0 Å². The summed E-state index contributed by atoms with van der Waals surface area (Å²) in [5.41, 5.74) is 0.639. The normalized spacial score (nSPS) is 15.6. The fraction of sp³-hybridized carbons (Fsp3) is 0.250. The molecule has 2 rings (SSSR count). The lowest BCUT2D eigenvalue weighted by atomic mass is 10.4. The number of hydrogen-bond donors (Lipinski definition) is 2. The van der Waals surface area contributed by atoms with Crippen LogP contribution in [0.4, 0.5) is 5.69 Å². The zero-order valence-electron chi connectivity index (χ0n) is 7.07. The maximum absolute atomic E-state index is 11.2. The highest BCUT2D eigenvalue weighted by Gasteiger charge is 2.18. The average molecular weight is 229 g/mol. The third-order valence-corrected chi connectivity index (χ3v) is 4.16. The summed E-state index contributed by atoms with van der Waals surface area (Å²) in [4.78, 5) is 22.1. The van der Waals surface area contributed by atoms with Crippen molar-refractivity contribution in [2.45, 2.75) is 10.6 Å². The van der Waals surface area contributed by atoms with Crippen LogP contribution in [0.3, 0.4) is 0 Å². The maximum Gasteiger partial charge on any atom is 0.345 e. The molecule has 4 nitrogen and oxygen atoms in total. The van der Waals surface area contributed by atoms with Gasteiger partial charge in [0, 0.05) is 12.2 Å². The lowest BCUT2D eigenvalue weighted by Gasteiger charge is -1.96. The molecule has 1 aliphatic rings. The van der Waals surface area contributed by atoms with Gasteiger partial charge < -0.3 is 10.4 Å². The van der Waals surface area contributed by atoms with Crippen LogP contribution >= 0.6 is 23.1 Å². The lowest BCUT2D eigenvalue weighted by Crippen LogP contribution is -2.09. The Labute approximate surface area is 88.3 Å². The molecule has 1 amide bonds. The van der Waals surface area contributed by atoms with Gasteiger partial charge in [0.25, 0.3) is 0 Å². The van der Waals surface area contributed by atoms with Crippen molar-refractivity contribution >= 4 is 40.7 Å². The number of fused-ring (bicyclic) bond motifs is 1. The molecule has 0 spiro atoms. The van der Waals surface area contributed by atoms with Crippen LogP contribution in [-0.4, -0.2) is 22.7 Å². The van der Waals surface area contributed by atoms with E-state index in [1.54, 1.807) is 0 Å². The number of hydrogen-bond acceptors (Lipinski definition) is 4. The predicted molar refractivity (Wildman–Crippen MR) is 55.2 cm³/mol. The van der Waals surface area contributed by atoms with Gasteiger partial charge >= 0.3 is 5.97 Å². The van der Waals surface area contributed by atoms with Gasteiger partial charge in [0.15, 0.2) is 0 Å². The first-order valence-electron chi connectivity index (χ1n) is 3.96. The third kappa shape index (κ3) is 1.76. The first-order valence-corrected chi connectivity index (χ1v) is 5.77. The Morgan fingerprint density at radius 2 is 2.36 bits per heavy atom. The monoisotopic (exact) mass is 229 g/mol. The standard InChI is InChI=1S/C8H7NO3S2/c10-6-1-2-13-8-4(9-6)3-5(14-8)7(11)12/h3H,1-2H2,(H,9,10)(H,11,12). The molecule has 6 heteroatoms. The van der Waals surface area contributed by atoms with Crippen LogP contribution in [-0.2, 0) is 4.79 Å². The second-order valence-corrected chi connectivity index (χ2v) is 5.18. The van der Waals surface area contributed by atoms with Crippen molar-refractivity contribution in [3.63, 3.8) is 0 Å². The van der Waals surface area contributed by atoms with Gasteiger partial charge in [-0.05, 0) is 6.07 Å². The number of thioether (sulfide) groups is 1. The van der Waals surface area contributed by atoms with Gasteiger partial charge in [-0.1, -0.05) is 0 Å². The minimum Gasteiger partial charge on any atom is -0.477 e. The number of anilines is 1. The number of carbonyl (C=O) groups is 2. The average Bonchev–Trinajstić information content (AvgIpc) is 2.42. The van der Waals surface area contributed by atoms with E-state index in [-0.39, 0.29) is 10.8 Å². The lowest BCUT2D eigenvalue weighted by molar-refractivity contribution is -0.115. The Kier molecular flexibility index (Phi) is 2.47. The highest BCUT2D eigenvalue weighted by molar-refractivity contribution is 8.01. The van der Waals surface area contributed by atoms with E-state index in [9.17, 15) is 9.59 Å². The highest BCUT2D eigenvalue weighted by Crippen LogP contribution is 2.38. The van der Waals surface area contributed by atoms with Crippen LogP contribution in [0.1, 0.15) is 16.1 Å². The van der Waals surface area contributed by atoms with Crippen molar-refractivity contribution in [2.24, 2.45) is 0 Å². The zero-order chi connectivity index (χ0) is 10.1. The highest BCUT2D eigenvalue weighted by atomic mass is 32.2. The van der Waals surface area contributed by atoms with Gasteiger partial charge in [0.2, 0.25) is 5.91 Å². The number of nitrogens with one attached hydrogen (secondary N) is 1. The van der Waals surface area contributed by atoms with E-state index in [1.807, 2.05) is 0 Å². The van der Waals surface area contributed by atoms with Crippen molar-refractivity contribution in [1.82, 2.24) is 0 Å². The van der Waals surface area contributed by atoms with Crippen LogP contribution in [0.5, 0.6) is 0 Å². The Morgan fingerprint density at radius 3 is 3.07 bits per heavy atom. The molecular formula is C8H7NO3S2.